The summed E-state index contributed by atoms with van der Waals surface area (Å²) in [5.74, 6) is -3.33. The summed E-state index contributed by atoms with van der Waals surface area (Å²) in [4.78, 5) is 98.1. The van der Waals surface area contributed by atoms with Gasteiger partial charge < -0.3 is 19.3 Å². The second-order valence-electron chi connectivity index (χ2n) is 29.8. The molecule has 0 bridgehead atoms. The number of sulfonamides is 2. The van der Waals surface area contributed by atoms with Crippen molar-refractivity contribution in [3.8, 4) is 11.1 Å². The number of Topliss-reactive ketones (excluding diaryl/α,β-unsaturated/α-hetero) is 2. The standard InChI is InChI=1S/C39H44FN3O6S.C38H45N3O6S2/c1-38(17-18-38)50(47,48)42-37(46)39-23-29(39)13-6-4-2-3-5-12-28(20-26-10-9-14-30(40)21-26)36(45)43-25-31(22-33(43)34(44)24-39)49-35-32-15-8-7-11-27(32)16-19-41-35;1-25-11-10-12-26(19-25)20-27-13-6-4-3-5-7-14-28-22-38(28,35(44)40-49(45,46)37(2)17-18-37)23-32(42)31-21-29(24-41(31)34(27)43)47-36-39-30-15-8-9-16-33(30)48-36/h6-11,13-16,19,21,28-29,31,33H,2-5,12,17-18,20,22-25H2,1H3,(H,42,46);7-12,14-16,19,27-29,31H,3-6,13,17-18,20-24H2,1-2H3,(H,40,44)/b13-6-;14-7-/t28-,29-,31-,33+,39-;27-,28-,29-,31+,38-/m11/s1. The number of ketones is 2. The largest absolute Gasteiger partial charge is 0.472 e. The number of nitrogens with zero attached hydrogens (tertiary/aromatic N) is 4. The summed E-state index contributed by atoms with van der Waals surface area (Å²) in [7, 11) is -7.79. The maximum atomic E-state index is 14.6. The lowest BCUT2D eigenvalue weighted by molar-refractivity contribution is -0.142. The van der Waals surface area contributed by atoms with Crippen molar-refractivity contribution in [3.05, 3.63) is 156 Å². The van der Waals surface area contributed by atoms with Crippen molar-refractivity contribution in [2.45, 2.75) is 196 Å². The molecule has 524 valence electrons. The highest BCUT2D eigenvalue weighted by Gasteiger charge is 2.64. The van der Waals surface area contributed by atoms with Crippen molar-refractivity contribution in [2.75, 3.05) is 13.1 Å². The number of carbonyl (C=O) groups is 6. The van der Waals surface area contributed by atoms with Gasteiger partial charge >= 0.3 is 0 Å². The molecule has 2 saturated heterocycles. The molecule has 6 fully saturated rings. The van der Waals surface area contributed by atoms with E-state index < -0.39 is 82.4 Å². The van der Waals surface area contributed by atoms with Gasteiger partial charge in [-0.2, -0.15) is 0 Å². The first-order valence-electron chi connectivity index (χ1n) is 35.4. The van der Waals surface area contributed by atoms with Crippen LogP contribution in [0.3, 0.4) is 0 Å². The fraction of sp³-hybridized carbons (Fsp3) is 0.506. The lowest BCUT2D eigenvalue weighted by Gasteiger charge is -2.29. The minimum atomic E-state index is -3.91. The summed E-state index contributed by atoms with van der Waals surface area (Å²) in [6.07, 6.45) is 20.8. The number of thiazole rings is 1. The van der Waals surface area contributed by atoms with Crippen molar-refractivity contribution < 1.29 is 59.5 Å². The third-order valence-electron chi connectivity index (χ3n) is 22.3. The fourth-order valence-corrected chi connectivity index (χ4v) is 18.8. The first-order valence-corrected chi connectivity index (χ1v) is 39.2. The van der Waals surface area contributed by atoms with Gasteiger partial charge in [-0.1, -0.05) is 134 Å². The van der Waals surface area contributed by atoms with Gasteiger partial charge in [0.2, 0.25) is 49.6 Å². The molecule has 6 aromatic rings. The number of ether oxygens (including phenoxy) is 2. The van der Waals surface area contributed by atoms with Crippen molar-refractivity contribution in [1.82, 2.24) is 29.2 Å². The normalized spacial score (nSPS) is 29.1. The summed E-state index contributed by atoms with van der Waals surface area (Å²) in [6.45, 7) is 5.70. The second kappa shape index (κ2) is 28.4. The van der Waals surface area contributed by atoms with E-state index in [0.717, 1.165) is 83.5 Å². The molecule has 22 heteroatoms. The zero-order valence-corrected chi connectivity index (χ0v) is 59.0. The molecule has 10 atom stereocenters. The van der Waals surface area contributed by atoms with Crippen LogP contribution in [0.1, 0.15) is 159 Å². The molecular weight excluding hydrogens is 1320 g/mol. The third-order valence-corrected chi connectivity index (χ3v) is 27.6. The van der Waals surface area contributed by atoms with E-state index in [-0.39, 0.29) is 85.7 Å². The molecule has 4 saturated carbocycles. The molecule has 0 radical (unpaired) electrons. The number of aryl methyl sites for hydroxylation is 1. The van der Waals surface area contributed by atoms with Crippen LogP contribution in [-0.2, 0) is 61.7 Å². The predicted octanol–water partition coefficient (Wildman–Crippen LogP) is 12.4. The molecule has 4 aromatic carbocycles. The maximum Gasteiger partial charge on any atom is 0.274 e. The van der Waals surface area contributed by atoms with E-state index in [2.05, 4.69) is 37.6 Å². The van der Waals surface area contributed by atoms with Crippen LogP contribution in [-0.4, -0.2) is 119 Å². The molecule has 14 rings (SSSR count). The Morgan fingerprint density at radius 1 is 0.626 bits per heavy atom. The van der Waals surface area contributed by atoms with E-state index >= 15 is 0 Å². The Bertz CT molecular complexity index is 4360. The van der Waals surface area contributed by atoms with Gasteiger partial charge in [-0.15, -0.1) is 0 Å². The Balaban J connectivity index is 0.000000178. The van der Waals surface area contributed by atoms with Crippen LogP contribution in [0.15, 0.2) is 134 Å². The van der Waals surface area contributed by atoms with Crippen molar-refractivity contribution in [3.63, 3.8) is 0 Å². The number of fused-ring (bicyclic) bond motifs is 6. The zero-order valence-electron chi connectivity index (χ0n) is 56.6. The van der Waals surface area contributed by atoms with Crippen LogP contribution in [0.4, 0.5) is 4.39 Å². The van der Waals surface area contributed by atoms with E-state index in [1.54, 1.807) is 35.9 Å². The van der Waals surface area contributed by atoms with Crippen LogP contribution in [0, 0.1) is 47.2 Å². The Morgan fingerprint density at radius 3 is 1.70 bits per heavy atom. The number of amides is 4. The monoisotopic (exact) mass is 1400 g/mol. The highest BCUT2D eigenvalue weighted by Crippen LogP contribution is 2.59. The van der Waals surface area contributed by atoms with Gasteiger partial charge in [0.05, 0.1) is 55.7 Å². The van der Waals surface area contributed by atoms with Crippen LogP contribution in [0.2, 0.25) is 0 Å². The first kappa shape index (κ1) is 69.8. The lowest BCUT2D eigenvalue weighted by Crippen LogP contribution is -2.47. The molecule has 4 aliphatic carbocycles. The predicted molar refractivity (Wildman–Crippen MR) is 377 cm³/mol. The highest BCUT2D eigenvalue weighted by atomic mass is 32.2. The number of pyridine rings is 1. The molecule has 2 N–H and O–H groups in total. The van der Waals surface area contributed by atoms with Gasteiger partial charge in [0, 0.05) is 49.1 Å². The quantitative estimate of drug-likeness (QED) is 0.0964. The van der Waals surface area contributed by atoms with Crippen LogP contribution in [0.5, 0.6) is 11.1 Å². The maximum absolute atomic E-state index is 14.6. The number of rotatable bonds is 14. The minimum Gasteiger partial charge on any atom is -0.472 e. The van der Waals surface area contributed by atoms with Crippen molar-refractivity contribution >= 4 is 87.6 Å². The second-order valence-corrected chi connectivity index (χ2v) is 35.2. The van der Waals surface area contributed by atoms with Gasteiger partial charge in [0.1, 0.15) is 18.0 Å². The van der Waals surface area contributed by atoms with Crippen molar-refractivity contribution in [2.24, 2.45) is 34.5 Å². The van der Waals surface area contributed by atoms with Crippen molar-refractivity contribution in [1.29, 1.82) is 0 Å². The zero-order chi connectivity index (χ0) is 69.5. The van der Waals surface area contributed by atoms with E-state index in [1.165, 1.54) is 23.5 Å². The molecule has 4 aliphatic heterocycles. The molecule has 6 heterocycles. The molecule has 0 spiro atoms. The average molecular weight is 1410 g/mol. The number of hydrogen-bond donors (Lipinski definition) is 2. The molecule has 18 nitrogen and oxygen atoms in total. The number of nitrogens with one attached hydrogen (secondary N) is 2. The molecular formula is C77H89FN6O12S3. The Labute approximate surface area is 583 Å². The smallest absolute Gasteiger partial charge is 0.274 e. The first-order chi connectivity index (χ1) is 47.4. The summed E-state index contributed by atoms with van der Waals surface area (Å²) in [5.41, 5.74) is 1.39. The topological polar surface area (TPSA) is 245 Å². The van der Waals surface area contributed by atoms with Gasteiger partial charge in [-0.25, -0.2) is 31.2 Å². The minimum absolute atomic E-state index is 0.0710. The SMILES string of the molecule is CC1(S(=O)(=O)NC(=O)[C@]23CC(=O)[C@@H]4C[C@@H](Oc5nccc6ccccc56)CN4C(=O)[C@@H](Cc4cccc(F)c4)CCCCC/C=C\[C@@H]2C3)CC1.Cc1cccc(C[C@H]2CCCCC/C=C\[C@@H]3C[C@@]3(C(=O)NS(=O)(=O)C3(C)CC3)CC(=O)[C@@H]3C[C@@H](Oc4nc5ccccc5s4)CN3C2=O)c1. The number of benzene rings is 4. The lowest BCUT2D eigenvalue weighted by atomic mass is 9.89. The highest BCUT2D eigenvalue weighted by molar-refractivity contribution is 7.92. The number of aromatic nitrogens is 2. The number of halogens is 1. The summed E-state index contributed by atoms with van der Waals surface area (Å²) in [6, 6.07) is 30.2. The van der Waals surface area contributed by atoms with Gasteiger partial charge in [-0.3, -0.25) is 38.2 Å². The van der Waals surface area contributed by atoms with E-state index in [1.807, 2.05) is 97.9 Å². The summed E-state index contributed by atoms with van der Waals surface area (Å²) in [5, 5.41) is 2.26. The van der Waals surface area contributed by atoms with Gasteiger partial charge in [0.15, 0.2) is 11.6 Å². The van der Waals surface area contributed by atoms with Gasteiger partial charge in [-0.05, 0) is 175 Å². The van der Waals surface area contributed by atoms with E-state index in [0.29, 0.717) is 80.8 Å². The molecule has 99 heavy (non-hydrogen) atoms. The van der Waals surface area contributed by atoms with Gasteiger partial charge in [0.25, 0.3) is 5.19 Å². The van der Waals surface area contributed by atoms with Crippen LogP contribution < -0.4 is 18.9 Å². The Hall–Kier alpha value is -7.69. The average Bonchev–Trinajstić information content (AvgIpc) is 1.57. The third kappa shape index (κ3) is 15.3. The molecule has 0 unspecified atom stereocenters. The fourth-order valence-electron chi connectivity index (χ4n) is 15.3. The van der Waals surface area contributed by atoms with Crippen LogP contribution in [0.25, 0.3) is 21.0 Å². The molecule has 8 aliphatic rings. The Kier molecular flexibility index (Phi) is 20.0. The summed E-state index contributed by atoms with van der Waals surface area (Å²) < 4.78 is 83.3. The van der Waals surface area contributed by atoms with E-state index in [4.69, 9.17) is 9.47 Å². The number of hydrogen-bond acceptors (Lipinski definition) is 15. The number of carbonyl (C=O) groups excluding carboxylic acids is 6. The molecule has 2 aromatic heterocycles. The number of para-hydroxylation sites is 1. The number of allylic oxidation sites excluding steroid dienone is 4. The van der Waals surface area contributed by atoms with Crippen LogP contribution >= 0.6 is 11.3 Å². The summed E-state index contributed by atoms with van der Waals surface area (Å²) >= 11 is 1.43. The Morgan fingerprint density at radius 2 is 1.15 bits per heavy atom. The molecule has 4 amide bonds. The van der Waals surface area contributed by atoms with E-state index in [9.17, 15) is 50.0 Å².